The molecule has 2 unspecified atom stereocenters. The van der Waals surface area contributed by atoms with E-state index in [0.29, 0.717) is 24.4 Å². The molecule has 19 heavy (non-hydrogen) atoms. The van der Waals surface area contributed by atoms with Crippen LogP contribution in [-0.2, 0) is 6.54 Å². The fraction of sp³-hybridized carbons (Fsp3) is 0.571. The van der Waals surface area contributed by atoms with Crippen LogP contribution in [0.3, 0.4) is 0 Å². The lowest BCUT2D eigenvalue weighted by molar-refractivity contribution is -0.189. The molecule has 1 aliphatic carbocycles. The quantitative estimate of drug-likeness (QED) is 0.861. The molecule has 0 aromatic heterocycles. The Morgan fingerprint density at radius 1 is 1.11 bits per heavy atom. The molecule has 1 aliphatic rings. The van der Waals surface area contributed by atoms with Gasteiger partial charge in [0.1, 0.15) is 0 Å². The van der Waals surface area contributed by atoms with E-state index >= 15 is 0 Å². The smallest absolute Gasteiger partial charge is 0.309 e. The van der Waals surface area contributed by atoms with Crippen LogP contribution in [0.4, 0.5) is 13.2 Å². The Bertz CT molecular complexity index is 402. The third-order valence-electron chi connectivity index (χ3n) is 3.67. The minimum absolute atomic E-state index is 0.238. The molecule has 0 amide bonds. The summed E-state index contributed by atoms with van der Waals surface area (Å²) in [4.78, 5) is 0. The summed E-state index contributed by atoms with van der Waals surface area (Å²) in [5.74, 6) is -1.21. The number of benzene rings is 1. The molecule has 2 atom stereocenters. The molecule has 0 bridgehead atoms. The van der Waals surface area contributed by atoms with E-state index in [-0.39, 0.29) is 6.42 Å². The molecule has 2 rings (SSSR count). The second kappa shape index (κ2) is 6.14. The number of halogens is 4. The summed E-state index contributed by atoms with van der Waals surface area (Å²) in [5, 5.41) is 3.68. The first kappa shape index (κ1) is 14.7. The van der Waals surface area contributed by atoms with Crippen molar-refractivity contribution in [2.75, 3.05) is 0 Å². The minimum Gasteiger partial charge on any atom is -0.309 e. The average Bonchev–Trinajstić information content (AvgIpc) is 2.37. The number of nitrogens with one attached hydrogen (secondary N) is 1. The number of alkyl halides is 3. The van der Waals surface area contributed by atoms with Crippen molar-refractivity contribution in [1.29, 1.82) is 0 Å². The van der Waals surface area contributed by atoms with Crippen molar-refractivity contribution < 1.29 is 13.2 Å². The lowest BCUT2D eigenvalue weighted by Crippen LogP contribution is -2.45. The van der Waals surface area contributed by atoms with E-state index in [1.807, 2.05) is 12.1 Å². The van der Waals surface area contributed by atoms with Gasteiger partial charge in [0.15, 0.2) is 0 Å². The molecule has 0 aliphatic heterocycles. The summed E-state index contributed by atoms with van der Waals surface area (Å²) in [6, 6.07) is 6.70. The van der Waals surface area contributed by atoms with Crippen molar-refractivity contribution in [2.45, 2.75) is 44.4 Å². The molecule has 1 nitrogen and oxygen atoms in total. The number of hydrogen-bond donors (Lipinski definition) is 1. The van der Waals surface area contributed by atoms with Crippen molar-refractivity contribution in [3.63, 3.8) is 0 Å². The van der Waals surface area contributed by atoms with Crippen LogP contribution < -0.4 is 5.32 Å². The standard InChI is InChI=1S/C14H17ClF3N/c15-11-7-5-10(6-8-11)9-19-13-4-2-1-3-12(13)14(16,17)18/h5-8,12-13,19H,1-4,9H2. The van der Waals surface area contributed by atoms with Crippen molar-refractivity contribution in [1.82, 2.24) is 5.32 Å². The Morgan fingerprint density at radius 3 is 2.37 bits per heavy atom. The second-order valence-electron chi connectivity index (χ2n) is 5.05. The Morgan fingerprint density at radius 2 is 1.74 bits per heavy atom. The van der Waals surface area contributed by atoms with Gasteiger partial charge in [0, 0.05) is 17.6 Å². The predicted octanol–water partition coefficient (Wildman–Crippen LogP) is 4.55. The Balaban J connectivity index is 1.94. The van der Waals surface area contributed by atoms with Crippen LogP contribution >= 0.6 is 11.6 Å². The van der Waals surface area contributed by atoms with Gasteiger partial charge in [-0.2, -0.15) is 13.2 Å². The van der Waals surface area contributed by atoms with Gasteiger partial charge in [0.05, 0.1) is 5.92 Å². The summed E-state index contributed by atoms with van der Waals surface area (Å²) in [7, 11) is 0. The lowest BCUT2D eigenvalue weighted by Gasteiger charge is -2.33. The number of hydrogen-bond acceptors (Lipinski definition) is 1. The first-order valence-electron chi connectivity index (χ1n) is 6.51. The van der Waals surface area contributed by atoms with Gasteiger partial charge in [-0.15, -0.1) is 0 Å². The van der Waals surface area contributed by atoms with Crippen LogP contribution in [0.5, 0.6) is 0 Å². The average molecular weight is 292 g/mol. The van der Waals surface area contributed by atoms with Crippen molar-refractivity contribution in [3.8, 4) is 0 Å². The summed E-state index contributed by atoms with van der Waals surface area (Å²) >= 11 is 5.77. The molecule has 1 fully saturated rings. The maximum atomic E-state index is 12.9. The summed E-state index contributed by atoms with van der Waals surface area (Å²) < 4.78 is 38.7. The first-order chi connectivity index (χ1) is 8.97. The van der Waals surface area contributed by atoms with E-state index in [2.05, 4.69) is 5.32 Å². The highest BCUT2D eigenvalue weighted by atomic mass is 35.5. The molecule has 0 heterocycles. The molecule has 0 radical (unpaired) electrons. The molecule has 1 saturated carbocycles. The zero-order valence-electron chi connectivity index (χ0n) is 10.5. The molecule has 0 spiro atoms. The fourth-order valence-corrected chi connectivity index (χ4v) is 2.74. The van der Waals surface area contributed by atoms with Gasteiger partial charge in [-0.05, 0) is 30.5 Å². The molecule has 1 aromatic carbocycles. The van der Waals surface area contributed by atoms with Crippen LogP contribution in [0, 0.1) is 5.92 Å². The molecule has 1 aromatic rings. The number of rotatable bonds is 3. The highest BCUT2D eigenvalue weighted by molar-refractivity contribution is 6.30. The molecule has 106 valence electrons. The van der Waals surface area contributed by atoms with Gasteiger partial charge in [-0.1, -0.05) is 36.6 Å². The fourth-order valence-electron chi connectivity index (χ4n) is 2.62. The third kappa shape index (κ3) is 4.11. The van der Waals surface area contributed by atoms with Gasteiger partial charge in [0.2, 0.25) is 0 Å². The SMILES string of the molecule is FC(F)(F)C1CCCCC1NCc1ccc(Cl)cc1. The van der Waals surface area contributed by atoms with Crippen LogP contribution in [0.2, 0.25) is 5.02 Å². The first-order valence-corrected chi connectivity index (χ1v) is 6.89. The molecular weight excluding hydrogens is 275 g/mol. The normalized spacial score (nSPS) is 24.4. The van der Waals surface area contributed by atoms with Gasteiger partial charge in [-0.3, -0.25) is 0 Å². The lowest BCUT2D eigenvalue weighted by atomic mass is 9.84. The predicted molar refractivity (Wildman–Crippen MR) is 70.1 cm³/mol. The maximum absolute atomic E-state index is 12.9. The van der Waals surface area contributed by atoms with Crippen LogP contribution in [-0.4, -0.2) is 12.2 Å². The van der Waals surface area contributed by atoms with Gasteiger partial charge in [-0.25, -0.2) is 0 Å². The highest BCUT2D eigenvalue weighted by Gasteiger charge is 2.45. The third-order valence-corrected chi connectivity index (χ3v) is 3.92. The molecule has 5 heteroatoms. The Hall–Kier alpha value is -0.740. The van der Waals surface area contributed by atoms with Crippen LogP contribution in [0.1, 0.15) is 31.2 Å². The maximum Gasteiger partial charge on any atom is 0.393 e. The van der Waals surface area contributed by atoms with E-state index in [1.165, 1.54) is 0 Å². The molecular formula is C14H17ClF3N. The van der Waals surface area contributed by atoms with E-state index in [1.54, 1.807) is 12.1 Å². The van der Waals surface area contributed by atoms with E-state index in [4.69, 9.17) is 11.6 Å². The van der Waals surface area contributed by atoms with Gasteiger partial charge < -0.3 is 5.32 Å². The van der Waals surface area contributed by atoms with Crippen molar-refractivity contribution >= 4 is 11.6 Å². The highest BCUT2D eigenvalue weighted by Crippen LogP contribution is 2.37. The zero-order valence-corrected chi connectivity index (χ0v) is 11.3. The van der Waals surface area contributed by atoms with Crippen molar-refractivity contribution in [2.24, 2.45) is 5.92 Å². The molecule has 1 N–H and O–H groups in total. The topological polar surface area (TPSA) is 12.0 Å². The van der Waals surface area contributed by atoms with Crippen LogP contribution in [0.15, 0.2) is 24.3 Å². The largest absolute Gasteiger partial charge is 0.393 e. The van der Waals surface area contributed by atoms with E-state index < -0.39 is 18.1 Å². The van der Waals surface area contributed by atoms with Crippen LogP contribution in [0.25, 0.3) is 0 Å². The summed E-state index contributed by atoms with van der Waals surface area (Å²) in [5.41, 5.74) is 0.955. The monoisotopic (exact) mass is 291 g/mol. The second-order valence-corrected chi connectivity index (χ2v) is 5.48. The zero-order chi connectivity index (χ0) is 13.9. The molecule has 0 saturated heterocycles. The Labute approximate surface area is 116 Å². The minimum atomic E-state index is -4.10. The van der Waals surface area contributed by atoms with Gasteiger partial charge >= 0.3 is 6.18 Å². The van der Waals surface area contributed by atoms with E-state index in [9.17, 15) is 13.2 Å². The summed E-state index contributed by atoms with van der Waals surface area (Å²) in [6.45, 7) is 0.453. The van der Waals surface area contributed by atoms with Crippen molar-refractivity contribution in [3.05, 3.63) is 34.9 Å². The van der Waals surface area contributed by atoms with E-state index in [0.717, 1.165) is 12.0 Å². The van der Waals surface area contributed by atoms with Gasteiger partial charge in [0.25, 0.3) is 0 Å². The summed E-state index contributed by atoms with van der Waals surface area (Å²) in [6.07, 6.45) is -1.73. The Kier molecular flexibility index (Phi) is 4.74.